The fraction of sp³-hybridized carbons (Fsp3) is 0.636. The van der Waals surface area contributed by atoms with Gasteiger partial charge in [0, 0.05) is 17.0 Å². The molecule has 1 amide bonds. The van der Waals surface area contributed by atoms with Crippen LogP contribution in [0.1, 0.15) is 29.5 Å². The van der Waals surface area contributed by atoms with Crippen LogP contribution in [0.5, 0.6) is 0 Å². The molecule has 16 heavy (non-hydrogen) atoms. The molecule has 88 valence electrons. The second-order valence-corrected chi connectivity index (χ2v) is 5.23. The zero-order valence-corrected chi connectivity index (χ0v) is 10.3. The van der Waals surface area contributed by atoms with Crippen molar-refractivity contribution in [1.29, 1.82) is 0 Å². The maximum absolute atomic E-state index is 10.8. The fourth-order valence-corrected chi connectivity index (χ4v) is 3.09. The first kappa shape index (κ1) is 11.5. The van der Waals surface area contributed by atoms with E-state index in [9.17, 15) is 4.79 Å². The van der Waals surface area contributed by atoms with E-state index in [1.54, 1.807) is 11.3 Å². The minimum Gasteiger partial charge on any atom is -0.369 e. The molecule has 0 atom stereocenters. The van der Waals surface area contributed by atoms with Crippen molar-refractivity contribution in [3.05, 3.63) is 16.1 Å². The first-order valence-corrected chi connectivity index (χ1v) is 6.46. The van der Waals surface area contributed by atoms with E-state index in [0.717, 1.165) is 31.6 Å². The Morgan fingerprint density at radius 2 is 2.31 bits per heavy atom. The van der Waals surface area contributed by atoms with Crippen LogP contribution in [-0.4, -0.2) is 35.4 Å². The van der Waals surface area contributed by atoms with Crippen molar-refractivity contribution in [2.24, 2.45) is 5.73 Å². The van der Waals surface area contributed by atoms with Crippen LogP contribution in [0.3, 0.4) is 0 Å². The number of piperidine rings is 1. The van der Waals surface area contributed by atoms with Crippen LogP contribution in [0.25, 0.3) is 0 Å². The minimum absolute atomic E-state index is 0.233. The van der Waals surface area contributed by atoms with Crippen molar-refractivity contribution >= 4 is 17.2 Å². The molecule has 0 spiro atoms. The number of aryl methyl sites for hydroxylation is 1. The summed E-state index contributed by atoms with van der Waals surface area (Å²) in [5, 5.41) is 3.35. The zero-order chi connectivity index (χ0) is 11.5. The first-order valence-electron chi connectivity index (χ1n) is 5.58. The highest BCUT2D eigenvalue weighted by Gasteiger charge is 2.23. The number of thiazole rings is 1. The quantitative estimate of drug-likeness (QED) is 0.859. The normalized spacial score (nSPS) is 18.8. The molecule has 2 rings (SSSR count). The summed E-state index contributed by atoms with van der Waals surface area (Å²) in [6.45, 7) is 4.32. The largest absolute Gasteiger partial charge is 0.369 e. The number of rotatable bonds is 3. The maximum atomic E-state index is 10.8. The summed E-state index contributed by atoms with van der Waals surface area (Å²) in [5.41, 5.74) is 6.29. The molecule has 4 nitrogen and oxygen atoms in total. The van der Waals surface area contributed by atoms with Crippen LogP contribution in [0.4, 0.5) is 0 Å². The van der Waals surface area contributed by atoms with Crippen LogP contribution in [0, 0.1) is 6.92 Å². The van der Waals surface area contributed by atoms with Gasteiger partial charge < -0.3 is 5.73 Å². The Labute approximate surface area is 99.5 Å². The van der Waals surface area contributed by atoms with Crippen molar-refractivity contribution in [1.82, 2.24) is 9.88 Å². The summed E-state index contributed by atoms with van der Waals surface area (Å²) in [5.74, 6) is 0.339. The molecule has 0 saturated carbocycles. The second kappa shape index (κ2) is 4.93. The minimum atomic E-state index is -0.233. The van der Waals surface area contributed by atoms with Gasteiger partial charge in [-0.3, -0.25) is 9.69 Å². The lowest BCUT2D eigenvalue weighted by Crippen LogP contribution is -2.39. The molecule has 0 aromatic carbocycles. The Kier molecular flexibility index (Phi) is 3.56. The van der Waals surface area contributed by atoms with E-state index in [1.807, 2.05) is 6.92 Å². The van der Waals surface area contributed by atoms with E-state index in [-0.39, 0.29) is 5.91 Å². The third kappa shape index (κ3) is 2.80. The predicted molar refractivity (Wildman–Crippen MR) is 64.5 cm³/mol. The Morgan fingerprint density at radius 1 is 1.62 bits per heavy atom. The number of carbonyl (C=O) groups excluding carboxylic acids is 1. The molecule has 2 N–H and O–H groups in total. The molecule has 1 saturated heterocycles. The van der Waals surface area contributed by atoms with Gasteiger partial charge in [-0.25, -0.2) is 4.98 Å². The van der Waals surface area contributed by atoms with E-state index in [0.29, 0.717) is 12.5 Å². The van der Waals surface area contributed by atoms with Gasteiger partial charge in [-0.2, -0.15) is 0 Å². The predicted octanol–water partition coefficient (Wildman–Crippen LogP) is 1.12. The van der Waals surface area contributed by atoms with Gasteiger partial charge in [0.15, 0.2) is 0 Å². The fourth-order valence-electron chi connectivity index (χ4n) is 2.12. The average Bonchev–Trinajstić information content (AvgIpc) is 2.65. The summed E-state index contributed by atoms with van der Waals surface area (Å²) < 4.78 is 0. The van der Waals surface area contributed by atoms with Gasteiger partial charge in [-0.05, 0) is 32.9 Å². The van der Waals surface area contributed by atoms with Crippen LogP contribution in [-0.2, 0) is 4.79 Å². The molecule has 0 bridgehead atoms. The van der Waals surface area contributed by atoms with Crippen LogP contribution < -0.4 is 5.73 Å². The first-order chi connectivity index (χ1) is 7.65. The van der Waals surface area contributed by atoms with Gasteiger partial charge in [-0.15, -0.1) is 11.3 Å². The van der Waals surface area contributed by atoms with Crippen molar-refractivity contribution in [3.63, 3.8) is 0 Å². The topological polar surface area (TPSA) is 59.2 Å². The number of nitrogens with two attached hydrogens (primary N) is 1. The molecule has 0 aliphatic carbocycles. The lowest BCUT2D eigenvalue weighted by Gasteiger charge is -2.29. The third-order valence-electron chi connectivity index (χ3n) is 2.95. The molecular formula is C11H17N3OS. The molecule has 1 fully saturated rings. The van der Waals surface area contributed by atoms with Crippen molar-refractivity contribution < 1.29 is 4.79 Å². The van der Waals surface area contributed by atoms with E-state index < -0.39 is 0 Å². The number of carbonyl (C=O) groups is 1. The second-order valence-electron chi connectivity index (χ2n) is 4.34. The van der Waals surface area contributed by atoms with Gasteiger partial charge in [0.1, 0.15) is 0 Å². The number of likely N-dealkylation sites (tertiary alicyclic amines) is 1. The molecule has 2 heterocycles. The molecule has 1 aromatic rings. The van der Waals surface area contributed by atoms with E-state index in [4.69, 9.17) is 5.73 Å². The van der Waals surface area contributed by atoms with Gasteiger partial charge in [0.05, 0.1) is 11.6 Å². The Balaban J connectivity index is 1.87. The van der Waals surface area contributed by atoms with Crippen LogP contribution >= 0.6 is 11.3 Å². The Morgan fingerprint density at radius 3 is 2.81 bits per heavy atom. The Bertz CT molecular complexity index is 369. The van der Waals surface area contributed by atoms with Gasteiger partial charge >= 0.3 is 0 Å². The molecule has 0 unspecified atom stereocenters. The molecule has 1 aliphatic heterocycles. The van der Waals surface area contributed by atoms with E-state index in [1.165, 1.54) is 5.01 Å². The summed E-state index contributed by atoms with van der Waals surface area (Å²) in [4.78, 5) is 17.4. The Hall–Kier alpha value is -0.940. The van der Waals surface area contributed by atoms with E-state index in [2.05, 4.69) is 15.3 Å². The zero-order valence-electron chi connectivity index (χ0n) is 9.48. The molecule has 5 heteroatoms. The number of primary amides is 1. The monoisotopic (exact) mass is 239 g/mol. The van der Waals surface area contributed by atoms with Crippen molar-refractivity contribution in [3.8, 4) is 0 Å². The summed E-state index contributed by atoms with van der Waals surface area (Å²) >= 11 is 1.75. The summed E-state index contributed by atoms with van der Waals surface area (Å²) in [6, 6.07) is 0. The smallest absolute Gasteiger partial charge is 0.231 e. The van der Waals surface area contributed by atoms with Gasteiger partial charge in [0.2, 0.25) is 5.91 Å². The van der Waals surface area contributed by atoms with Crippen molar-refractivity contribution in [2.75, 3.05) is 19.6 Å². The highest BCUT2D eigenvalue weighted by Crippen LogP contribution is 2.29. The summed E-state index contributed by atoms with van der Waals surface area (Å²) in [6.07, 6.45) is 2.17. The number of hydrogen-bond acceptors (Lipinski definition) is 4. The lowest BCUT2D eigenvalue weighted by molar-refractivity contribution is -0.119. The number of aromatic nitrogens is 1. The highest BCUT2D eigenvalue weighted by atomic mass is 32.1. The van der Waals surface area contributed by atoms with E-state index >= 15 is 0 Å². The molecule has 1 aromatic heterocycles. The number of hydrogen-bond donors (Lipinski definition) is 1. The summed E-state index contributed by atoms with van der Waals surface area (Å²) in [7, 11) is 0. The molecule has 1 aliphatic rings. The lowest BCUT2D eigenvalue weighted by atomic mass is 9.97. The third-order valence-corrected chi connectivity index (χ3v) is 4.08. The van der Waals surface area contributed by atoms with Gasteiger partial charge in [0.25, 0.3) is 0 Å². The van der Waals surface area contributed by atoms with Crippen molar-refractivity contribution in [2.45, 2.75) is 25.7 Å². The molecular weight excluding hydrogens is 222 g/mol. The van der Waals surface area contributed by atoms with Crippen LogP contribution in [0.15, 0.2) is 5.38 Å². The van der Waals surface area contributed by atoms with Crippen LogP contribution in [0.2, 0.25) is 0 Å². The standard InChI is InChI=1S/C11H17N3OS/c1-8-7-16-11(13-8)9-2-4-14(5-3-9)6-10(12)15/h7,9H,2-6H2,1H3,(H2,12,15). The highest BCUT2D eigenvalue weighted by molar-refractivity contribution is 7.09. The SMILES string of the molecule is Cc1csc(C2CCN(CC(N)=O)CC2)n1. The average molecular weight is 239 g/mol. The maximum Gasteiger partial charge on any atom is 0.231 e. The number of amides is 1. The number of nitrogens with zero attached hydrogens (tertiary/aromatic N) is 2. The van der Waals surface area contributed by atoms with Gasteiger partial charge in [-0.1, -0.05) is 0 Å². The molecule has 0 radical (unpaired) electrons.